The lowest BCUT2D eigenvalue weighted by Gasteiger charge is -2.33. The zero-order valence-electron chi connectivity index (χ0n) is 13.5. The third kappa shape index (κ3) is 2.77. The summed E-state index contributed by atoms with van der Waals surface area (Å²) >= 11 is 0. The van der Waals surface area contributed by atoms with Crippen molar-refractivity contribution < 1.29 is 4.39 Å². The molecular formula is C17H19FN6. The summed E-state index contributed by atoms with van der Waals surface area (Å²) in [5, 5.41) is 4.19. The van der Waals surface area contributed by atoms with Gasteiger partial charge in [-0.2, -0.15) is 0 Å². The summed E-state index contributed by atoms with van der Waals surface area (Å²) in [7, 11) is 2.01. The van der Waals surface area contributed by atoms with Crippen LogP contribution in [0.1, 0.15) is 12.8 Å². The van der Waals surface area contributed by atoms with E-state index in [1.165, 1.54) is 18.5 Å². The molecule has 2 aromatic heterocycles. The second kappa shape index (κ2) is 6.07. The minimum absolute atomic E-state index is 0.273. The lowest BCUT2D eigenvalue weighted by atomic mass is 10.1. The molecule has 3 heterocycles. The van der Waals surface area contributed by atoms with E-state index in [0.29, 0.717) is 11.9 Å². The SMILES string of the molecule is Cn1ccnc1N1CCC(Nc2ncnc3ccc(F)cc23)CC1. The van der Waals surface area contributed by atoms with Crippen molar-refractivity contribution in [2.24, 2.45) is 7.05 Å². The van der Waals surface area contributed by atoms with E-state index < -0.39 is 0 Å². The van der Waals surface area contributed by atoms with Gasteiger partial charge >= 0.3 is 0 Å². The average Bonchev–Trinajstić information content (AvgIpc) is 3.02. The highest BCUT2D eigenvalue weighted by Gasteiger charge is 2.22. The number of aromatic nitrogens is 4. The highest BCUT2D eigenvalue weighted by molar-refractivity contribution is 5.88. The monoisotopic (exact) mass is 326 g/mol. The number of benzene rings is 1. The number of halogens is 1. The molecule has 0 aliphatic carbocycles. The first kappa shape index (κ1) is 14.9. The Morgan fingerprint density at radius 1 is 1.17 bits per heavy atom. The molecule has 0 amide bonds. The number of rotatable bonds is 3. The van der Waals surface area contributed by atoms with Crippen LogP contribution in [0.2, 0.25) is 0 Å². The Balaban J connectivity index is 1.48. The number of anilines is 2. The van der Waals surface area contributed by atoms with E-state index in [4.69, 9.17) is 0 Å². The maximum atomic E-state index is 13.5. The van der Waals surface area contributed by atoms with Crippen molar-refractivity contribution in [1.82, 2.24) is 19.5 Å². The largest absolute Gasteiger partial charge is 0.367 e. The van der Waals surface area contributed by atoms with Crippen LogP contribution in [0.4, 0.5) is 16.2 Å². The first-order valence-corrected chi connectivity index (χ1v) is 8.10. The summed E-state index contributed by atoms with van der Waals surface area (Å²) in [4.78, 5) is 15.2. The van der Waals surface area contributed by atoms with E-state index in [2.05, 4.69) is 25.2 Å². The third-order valence-corrected chi connectivity index (χ3v) is 4.51. The molecule has 1 aliphatic heterocycles. The smallest absolute Gasteiger partial charge is 0.205 e. The van der Waals surface area contributed by atoms with Crippen molar-refractivity contribution in [1.29, 1.82) is 0 Å². The van der Waals surface area contributed by atoms with E-state index in [0.717, 1.165) is 42.8 Å². The summed E-state index contributed by atoms with van der Waals surface area (Å²) < 4.78 is 15.6. The molecule has 3 aromatic rings. The molecule has 6 nitrogen and oxygen atoms in total. The molecule has 4 rings (SSSR count). The molecule has 1 saturated heterocycles. The lowest BCUT2D eigenvalue weighted by molar-refractivity contribution is 0.515. The maximum absolute atomic E-state index is 13.5. The van der Waals surface area contributed by atoms with Gasteiger partial charge < -0.3 is 14.8 Å². The van der Waals surface area contributed by atoms with Gasteiger partial charge in [-0.15, -0.1) is 0 Å². The Kier molecular flexibility index (Phi) is 3.76. The van der Waals surface area contributed by atoms with Crippen molar-refractivity contribution in [3.63, 3.8) is 0 Å². The number of fused-ring (bicyclic) bond motifs is 1. The minimum Gasteiger partial charge on any atom is -0.367 e. The summed E-state index contributed by atoms with van der Waals surface area (Å²) in [5.74, 6) is 1.43. The first-order valence-electron chi connectivity index (χ1n) is 8.10. The predicted molar refractivity (Wildman–Crippen MR) is 91.6 cm³/mol. The van der Waals surface area contributed by atoms with Crippen LogP contribution in [-0.4, -0.2) is 38.7 Å². The second-order valence-corrected chi connectivity index (χ2v) is 6.13. The molecular weight excluding hydrogens is 307 g/mol. The minimum atomic E-state index is -0.273. The van der Waals surface area contributed by atoms with Gasteiger partial charge in [0, 0.05) is 44.0 Å². The Hall–Kier alpha value is -2.70. The summed E-state index contributed by atoms with van der Waals surface area (Å²) in [5.41, 5.74) is 0.749. The van der Waals surface area contributed by atoms with Crippen LogP contribution < -0.4 is 10.2 Å². The molecule has 1 aliphatic rings. The van der Waals surface area contributed by atoms with Gasteiger partial charge in [0.2, 0.25) is 5.95 Å². The van der Waals surface area contributed by atoms with Gasteiger partial charge in [-0.05, 0) is 31.0 Å². The van der Waals surface area contributed by atoms with Gasteiger partial charge in [0.25, 0.3) is 0 Å². The molecule has 1 fully saturated rings. The van der Waals surface area contributed by atoms with Crippen LogP contribution in [0.3, 0.4) is 0 Å². The van der Waals surface area contributed by atoms with Gasteiger partial charge in [0.05, 0.1) is 5.52 Å². The number of piperidine rings is 1. The molecule has 0 bridgehead atoms. The Bertz CT molecular complexity index is 853. The predicted octanol–water partition coefficient (Wildman–Crippen LogP) is 2.58. The molecule has 1 N–H and O–H groups in total. The van der Waals surface area contributed by atoms with Crippen molar-refractivity contribution in [2.75, 3.05) is 23.3 Å². The highest BCUT2D eigenvalue weighted by atomic mass is 19.1. The van der Waals surface area contributed by atoms with Gasteiger partial charge in [-0.3, -0.25) is 0 Å². The highest BCUT2D eigenvalue weighted by Crippen LogP contribution is 2.24. The van der Waals surface area contributed by atoms with Crippen molar-refractivity contribution in [3.05, 3.63) is 42.7 Å². The van der Waals surface area contributed by atoms with E-state index in [1.807, 2.05) is 24.0 Å². The van der Waals surface area contributed by atoms with Crippen molar-refractivity contribution >= 4 is 22.7 Å². The fraction of sp³-hybridized carbons (Fsp3) is 0.353. The van der Waals surface area contributed by atoms with Crippen LogP contribution in [-0.2, 0) is 7.05 Å². The lowest BCUT2D eigenvalue weighted by Crippen LogP contribution is -2.40. The molecule has 0 radical (unpaired) electrons. The van der Waals surface area contributed by atoms with E-state index in [9.17, 15) is 4.39 Å². The van der Waals surface area contributed by atoms with Crippen molar-refractivity contribution in [3.8, 4) is 0 Å². The molecule has 24 heavy (non-hydrogen) atoms. The van der Waals surface area contributed by atoms with Crippen LogP contribution in [0.5, 0.6) is 0 Å². The van der Waals surface area contributed by atoms with Crippen molar-refractivity contribution in [2.45, 2.75) is 18.9 Å². The molecule has 7 heteroatoms. The van der Waals surface area contributed by atoms with Crippen LogP contribution in [0.25, 0.3) is 10.9 Å². The molecule has 1 aromatic carbocycles. The Morgan fingerprint density at radius 2 is 2.00 bits per heavy atom. The summed E-state index contributed by atoms with van der Waals surface area (Å²) in [6, 6.07) is 4.90. The van der Waals surface area contributed by atoms with E-state index >= 15 is 0 Å². The normalized spacial score (nSPS) is 15.8. The van der Waals surface area contributed by atoms with Gasteiger partial charge in [-0.1, -0.05) is 0 Å². The number of nitrogens with one attached hydrogen (secondary N) is 1. The third-order valence-electron chi connectivity index (χ3n) is 4.51. The standard InChI is InChI=1S/C17H19FN6/c1-23-9-6-19-17(23)24-7-4-13(5-8-24)22-16-14-10-12(18)2-3-15(14)20-11-21-16/h2-3,6,9-11,13H,4-5,7-8H2,1H3,(H,20,21,22). The molecule has 0 atom stereocenters. The van der Waals surface area contributed by atoms with E-state index in [1.54, 1.807) is 6.07 Å². The van der Waals surface area contributed by atoms with Crippen LogP contribution in [0.15, 0.2) is 36.9 Å². The zero-order chi connectivity index (χ0) is 16.5. The summed E-state index contributed by atoms with van der Waals surface area (Å²) in [6.07, 6.45) is 7.26. The molecule has 0 saturated carbocycles. The van der Waals surface area contributed by atoms with Crippen LogP contribution >= 0.6 is 0 Å². The number of imidazole rings is 1. The molecule has 0 unspecified atom stereocenters. The fourth-order valence-electron chi connectivity index (χ4n) is 3.22. The molecule has 0 spiro atoms. The number of hydrogen-bond donors (Lipinski definition) is 1. The van der Waals surface area contributed by atoms with Gasteiger partial charge in [-0.25, -0.2) is 19.3 Å². The zero-order valence-corrected chi connectivity index (χ0v) is 13.5. The molecule has 124 valence electrons. The second-order valence-electron chi connectivity index (χ2n) is 6.13. The quantitative estimate of drug-likeness (QED) is 0.802. The summed E-state index contributed by atoms with van der Waals surface area (Å²) in [6.45, 7) is 1.86. The fourth-order valence-corrected chi connectivity index (χ4v) is 3.22. The average molecular weight is 326 g/mol. The van der Waals surface area contributed by atoms with Crippen LogP contribution in [0, 0.1) is 5.82 Å². The number of nitrogens with zero attached hydrogens (tertiary/aromatic N) is 5. The first-order chi connectivity index (χ1) is 11.7. The number of aryl methyl sites for hydroxylation is 1. The van der Waals surface area contributed by atoms with Gasteiger partial charge in [0.1, 0.15) is 18.0 Å². The Morgan fingerprint density at radius 3 is 2.75 bits per heavy atom. The maximum Gasteiger partial charge on any atom is 0.205 e. The van der Waals surface area contributed by atoms with E-state index in [-0.39, 0.29) is 5.82 Å². The Labute approximate surface area is 139 Å². The topological polar surface area (TPSA) is 58.9 Å². The number of hydrogen-bond acceptors (Lipinski definition) is 5. The van der Waals surface area contributed by atoms with Gasteiger partial charge in [0.15, 0.2) is 0 Å².